The van der Waals surface area contributed by atoms with Crippen LogP contribution < -0.4 is 5.32 Å². The van der Waals surface area contributed by atoms with Gasteiger partial charge in [0.2, 0.25) is 0 Å². The summed E-state index contributed by atoms with van der Waals surface area (Å²) in [7, 11) is 0. The molecule has 1 aromatic heterocycles. The Labute approximate surface area is 122 Å². The van der Waals surface area contributed by atoms with E-state index in [1.165, 1.54) is 0 Å². The van der Waals surface area contributed by atoms with Crippen LogP contribution in [0.1, 0.15) is 43.8 Å². The van der Waals surface area contributed by atoms with Crippen LogP contribution in [0.3, 0.4) is 0 Å². The molecule has 1 fully saturated rings. The minimum atomic E-state index is -4.05. The summed E-state index contributed by atoms with van der Waals surface area (Å²) in [4.78, 5) is 4.35. The van der Waals surface area contributed by atoms with Crippen LogP contribution in [0.4, 0.5) is 13.2 Å². The van der Waals surface area contributed by atoms with Crippen molar-refractivity contribution >= 4 is 0 Å². The van der Waals surface area contributed by atoms with Gasteiger partial charge in [-0.25, -0.2) is 9.67 Å². The average Bonchev–Trinajstić information content (AvgIpc) is 2.77. The zero-order chi connectivity index (χ0) is 15.0. The van der Waals surface area contributed by atoms with E-state index in [4.69, 9.17) is 0 Å². The molecule has 3 rings (SSSR count). The number of rotatable bonds is 2. The fourth-order valence-corrected chi connectivity index (χ4v) is 3.54. The van der Waals surface area contributed by atoms with Crippen LogP contribution in [-0.4, -0.2) is 33.0 Å². The maximum absolute atomic E-state index is 12.8. The molecule has 21 heavy (non-hydrogen) atoms. The number of halogens is 3. The Morgan fingerprint density at radius 3 is 2.76 bits per heavy atom. The molecule has 3 atom stereocenters. The van der Waals surface area contributed by atoms with Crippen molar-refractivity contribution in [3.8, 4) is 0 Å². The fourth-order valence-electron chi connectivity index (χ4n) is 3.54. The molecule has 0 aromatic carbocycles. The van der Waals surface area contributed by atoms with Gasteiger partial charge in [-0.15, -0.1) is 0 Å². The van der Waals surface area contributed by atoms with Gasteiger partial charge in [-0.05, 0) is 32.6 Å². The van der Waals surface area contributed by atoms with Gasteiger partial charge in [0, 0.05) is 18.5 Å². The number of nitrogens with one attached hydrogen (secondary N) is 1. The molecular formula is C14H21F3N4. The molecular weight excluding hydrogens is 281 g/mol. The van der Waals surface area contributed by atoms with Crippen molar-refractivity contribution in [3.63, 3.8) is 0 Å². The van der Waals surface area contributed by atoms with E-state index in [9.17, 15) is 13.2 Å². The number of hydrogen-bond donors (Lipinski definition) is 1. The van der Waals surface area contributed by atoms with Gasteiger partial charge in [0.25, 0.3) is 0 Å². The number of nitrogens with zero attached hydrogens (tertiary/aromatic N) is 3. The van der Waals surface area contributed by atoms with Crippen molar-refractivity contribution in [2.24, 2.45) is 5.92 Å². The van der Waals surface area contributed by atoms with E-state index in [1.54, 1.807) is 0 Å². The highest BCUT2D eigenvalue weighted by atomic mass is 19.4. The van der Waals surface area contributed by atoms with Crippen molar-refractivity contribution in [3.05, 3.63) is 11.6 Å². The minimum Gasteiger partial charge on any atom is -0.309 e. The van der Waals surface area contributed by atoms with Gasteiger partial charge in [0.15, 0.2) is 0 Å². The molecule has 1 N–H and O–H groups in total. The predicted molar refractivity (Wildman–Crippen MR) is 71.8 cm³/mol. The summed E-state index contributed by atoms with van der Waals surface area (Å²) >= 11 is 0. The van der Waals surface area contributed by atoms with Crippen LogP contribution in [0.25, 0.3) is 0 Å². The Bertz CT molecular complexity index is 497. The second-order valence-corrected chi connectivity index (χ2v) is 6.26. The number of fused-ring (bicyclic) bond motifs is 1. The van der Waals surface area contributed by atoms with E-state index in [1.807, 2.05) is 11.6 Å². The number of alkyl halides is 3. The van der Waals surface area contributed by atoms with E-state index >= 15 is 0 Å². The second kappa shape index (κ2) is 5.59. The summed E-state index contributed by atoms with van der Waals surface area (Å²) in [5.41, 5.74) is 0. The van der Waals surface area contributed by atoms with Gasteiger partial charge in [-0.1, -0.05) is 6.42 Å². The molecule has 0 unspecified atom stereocenters. The highest BCUT2D eigenvalue weighted by Gasteiger charge is 2.42. The summed E-state index contributed by atoms with van der Waals surface area (Å²) < 4.78 is 40.4. The summed E-state index contributed by atoms with van der Waals surface area (Å²) in [6.45, 7) is 2.58. The number of aryl methyl sites for hydroxylation is 2. The fraction of sp³-hybridized carbons (Fsp3) is 0.857. The largest absolute Gasteiger partial charge is 0.391 e. The van der Waals surface area contributed by atoms with E-state index in [0.29, 0.717) is 13.0 Å². The lowest BCUT2D eigenvalue weighted by molar-refractivity contribution is -0.183. The third-order valence-electron chi connectivity index (χ3n) is 4.57. The molecule has 0 spiro atoms. The Morgan fingerprint density at radius 2 is 2.00 bits per heavy atom. The molecule has 118 valence electrons. The summed E-state index contributed by atoms with van der Waals surface area (Å²) in [5, 5.41) is 7.76. The molecule has 4 nitrogen and oxygen atoms in total. The lowest BCUT2D eigenvalue weighted by Gasteiger charge is -2.34. The molecule has 1 aliphatic carbocycles. The monoisotopic (exact) mass is 302 g/mol. The van der Waals surface area contributed by atoms with Crippen LogP contribution in [0.2, 0.25) is 0 Å². The lowest BCUT2D eigenvalue weighted by atomic mass is 9.84. The van der Waals surface area contributed by atoms with Gasteiger partial charge in [-0.2, -0.15) is 18.3 Å². The first kappa shape index (κ1) is 14.8. The van der Waals surface area contributed by atoms with Crippen LogP contribution in [-0.2, 0) is 13.0 Å². The topological polar surface area (TPSA) is 42.7 Å². The molecule has 0 amide bonds. The normalized spacial score (nSPS) is 30.2. The molecule has 2 aliphatic rings. The Kier molecular flexibility index (Phi) is 3.94. The van der Waals surface area contributed by atoms with Crippen LogP contribution in [0.15, 0.2) is 0 Å². The standard InChI is InChI=1S/C14H21F3N4/c1-9-18-13-6-5-12(8-21(13)20-9)19-11-4-2-3-10(7-11)14(15,16)17/h10-12,19H,2-8H2,1H3/t10-,11+,12-/m1/s1. The smallest absolute Gasteiger partial charge is 0.309 e. The van der Waals surface area contributed by atoms with Gasteiger partial charge >= 0.3 is 6.18 Å². The van der Waals surface area contributed by atoms with Crippen molar-refractivity contribution < 1.29 is 13.2 Å². The highest BCUT2D eigenvalue weighted by molar-refractivity contribution is 4.97. The van der Waals surface area contributed by atoms with Crippen molar-refractivity contribution in [2.45, 2.75) is 70.3 Å². The summed E-state index contributed by atoms with van der Waals surface area (Å²) in [5.74, 6) is 0.610. The Balaban J connectivity index is 1.57. The summed E-state index contributed by atoms with van der Waals surface area (Å²) in [6.07, 6.45) is -0.307. The molecule has 1 saturated carbocycles. The minimum absolute atomic E-state index is 0.0263. The van der Waals surface area contributed by atoms with E-state index < -0.39 is 12.1 Å². The van der Waals surface area contributed by atoms with Crippen molar-refractivity contribution in [1.29, 1.82) is 0 Å². The predicted octanol–water partition coefficient (Wildman–Crippen LogP) is 2.61. The first-order valence-electron chi connectivity index (χ1n) is 7.65. The SMILES string of the molecule is Cc1nc2n(n1)C[C@H](N[C@H]1CCC[C@@H](C(F)(F)F)C1)CC2. The quantitative estimate of drug-likeness (QED) is 0.913. The maximum atomic E-state index is 12.8. The molecule has 0 radical (unpaired) electrons. The lowest BCUT2D eigenvalue weighted by Crippen LogP contribution is -2.46. The Hall–Kier alpha value is -1.11. The van der Waals surface area contributed by atoms with E-state index in [-0.39, 0.29) is 24.9 Å². The maximum Gasteiger partial charge on any atom is 0.391 e. The average molecular weight is 302 g/mol. The first-order chi connectivity index (χ1) is 9.91. The first-order valence-corrected chi connectivity index (χ1v) is 7.65. The Morgan fingerprint density at radius 1 is 1.19 bits per heavy atom. The number of hydrogen-bond acceptors (Lipinski definition) is 3. The number of aromatic nitrogens is 3. The molecule has 1 aromatic rings. The highest BCUT2D eigenvalue weighted by Crippen LogP contribution is 2.37. The van der Waals surface area contributed by atoms with E-state index in [2.05, 4.69) is 15.4 Å². The molecule has 0 bridgehead atoms. The van der Waals surface area contributed by atoms with Crippen molar-refractivity contribution in [1.82, 2.24) is 20.1 Å². The molecule has 7 heteroatoms. The molecule has 0 saturated heterocycles. The van der Waals surface area contributed by atoms with Gasteiger partial charge in [-0.3, -0.25) is 0 Å². The van der Waals surface area contributed by atoms with Crippen molar-refractivity contribution in [2.75, 3.05) is 0 Å². The third kappa shape index (κ3) is 3.39. The molecule has 2 heterocycles. The third-order valence-corrected chi connectivity index (χ3v) is 4.57. The second-order valence-electron chi connectivity index (χ2n) is 6.26. The summed E-state index contributed by atoms with van der Waals surface area (Å²) in [6, 6.07) is 0.178. The van der Waals surface area contributed by atoms with Crippen LogP contribution in [0, 0.1) is 12.8 Å². The van der Waals surface area contributed by atoms with Crippen LogP contribution in [0.5, 0.6) is 0 Å². The van der Waals surface area contributed by atoms with Crippen LogP contribution >= 0.6 is 0 Å². The zero-order valence-electron chi connectivity index (χ0n) is 12.2. The zero-order valence-corrected chi connectivity index (χ0v) is 12.2. The molecule has 1 aliphatic heterocycles. The van der Waals surface area contributed by atoms with E-state index in [0.717, 1.165) is 30.9 Å². The van der Waals surface area contributed by atoms with Gasteiger partial charge < -0.3 is 5.32 Å². The van der Waals surface area contributed by atoms with Gasteiger partial charge in [0.05, 0.1) is 12.5 Å². The van der Waals surface area contributed by atoms with Gasteiger partial charge in [0.1, 0.15) is 11.6 Å².